The van der Waals surface area contributed by atoms with Gasteiger partial charge in [0.25, 0.3) is 0 Å². The topological polar surface area (TPSA) is 18.5 Å². The van der Waals surface area contributed by atoms with E-state index in [1.54, 1.807) is 0 Å². The first-order valence-electron chi connectivity index (χ1n) is 14.4. The molecule has 4 aromatic rings. The highest BCUT2D eigenvalue weighted by Crippen LogP contribution is 2.35. The van der Waals surface area contributed by atoms with Crippen LogP contribution in [0.2, 0.25) is 5.02 Å². The first kappa shape index (κ1) is 28.4. The molecule has 0 spiro atoms. The SMILES string of the molecule is CCc1ccc(Cc2cc(C3C=C(COCc4ccccc4)CC(OCc4ccccc4)C3)ccc2Cl)c(C)c1. The monoisotopic (exact) mass is 550 g/mol. The van der Waals surface area contributed by atoms with Gasteiger partial charge in [-0.2, -0.15) is 0 Å². The number of benzene rings is 4. The van der Waals surface area contributed by atoms with Gasteiger partial charge in [-0.3, -0.25) is 0 Å². The van der Waals surface area contributed by atoms with Gasteiger partial charge < -0.3 is 9.47 Å². The maximum Gasteiger partial charge on any atom is 0.0721 e. The van der Waals surface area contributed by atoms with Crippen molar-refractivity contribution in [3.63, 3.8) is 0 Å². The van der Waals surface area contributed by atoms with E-state index in [9.17, 15) is 0 Å². The lowest BCUT2D eigenvalue weighted by Crippen LogP contribution is -2.23. The molecule has 40 heavy (non-hydrogen) atoms. The van der Waals surface area contributed by atoms with E-state index in [1.165, 1.54) is 44.5 Å². The minimum Gasteiger partial charge on any atom is -0.373 e. The second-order valence-electron chi connectivity index (χ2n) is 10.9. The van der Waals surface area contributed by atoms with Crippen LogP contribution in [0.4, 0.5) is 0 Å². The van der Waals surface area contributed by atoms with Crippen LogP contribution in [0.15, 0.2) is 109 Å². The van der Waals surface area contributed by atoms with Gasteiger partial charge >= 0.3 is 0 Å². The summed E-state index contributed by atoms with van der Waals surface area (Å²) in [4.78, 5) is 0. The number of halogens is 1. The van der Waals surface area contributed by atoms with Crippen LogP contribution in [0.1, 0.15) is 64.6 Å². The molecule has 2 atom stereocenters. The van der Waals surface area contributed by atoms with Crippen LogP contribution < -0.4 is 0 Å². The molecule has 0 aliphatic heterocycles. The van der Waals surface area contributed by atoms with Gasteiger partial charge in [-0.25, -0.2) is 0 Å². The van der Waals surface area contributed by atoms with Crippen molar-refractivity contribution in [3.05, 3.63) is 153 Å². The third kappa shape index (κ3) is 7.73. The largest absolute Gasteiger partial charge is 0.373 e. The molecular formula is C37H39ClO2. The fourth-order valence-corrected chi connectivity index (χ4v) is 5.73. The van der Waals surface area contributed by atoms with Crippen LogP contribution in [0.25, 0.3) is 0 Å². The highest BCUT2D eigenvalue weighted by molar-refractivity contribution is 6.31. The standard InChI is InChI=1S/C37H39ClO2/c1-3-28-14-15-32(27(2)18-28)21-35-22-33(16-17-37(35)38)34-19-31(25-39-24-29-10-6-4-7-11-29)20-36(23-34)40-26-30-12-8-5-9-13-30/h4-19,22,34,36H,3,20-21,23-26H2,1-2H3. The Kier molecular flexibility index (Phi) is 9.89. The number of allylic oxidation sites excluding steroid dienone is 1. The first-order chi connectivity index (χ1) is 19.6. The Morgan fingerprint density at radius 1 is 0.750 bits per heavy atom. The minimum absolute atomic E-state index is 0.133. The van der Waals surface area contributed by atoms with Crippen LogP contribution in [0.3, 0.4) is 0 Å². The molecule has 0 fully saturated rings. The van der Waals surface area contributed by atoms with Gasteiger partial charge in [0.15, 0.2) is 0 Å². The molecule has 1 aliphatic rings. The van der Waals surface area contributed by atoms with Crippen molar-refractivity contribution in [3.8, 4) is 0 Å². The maximum absolute atomic E-state index is 6.74. The summed E-state index contributed by atoms with van der Waals surface area (Å²) in [6, 6.07) is 34.1. The summed E-state index contributed by atoms with van der Waals surface area (Å²) in [6.45, 7) is 6.24. The average Bonchev–Trinajstić information content (AvgIpc) is 2.99. The second kappa shape index (κ2) is 13.9. The van der Waals surface area contributed by atoms with Crippen LogP contribution in [0, 0.1) is 6.92 Å². The molecule has 206 valence electrons. The highest BCUT2D eigenvalue weighted by atomic mass is 35.5. The third-order valence-electron chi connectivity index (χ3n) is 7.87. The minimum atomic E-state index is 0.133. The molecule has 4 aromatic carbocycles. The van der Waals surface area contributed by atoms with E-state index in [0.717, 1.165) is 30.7 Å². The molecule has 2 nitrogen and oxygen atoms in total. The number of hydrogen-bond donors (Lipinski definition) is 0. The molecule has 3 heteroatoms. The van der Waals surface area contributed by atoms with Crippen LogP contribution in [-0.2, 0) is 35.5 Å². The van der Waals surface area contributed by atoms with Crippen LogP contribution in [0.5, 0.6) is 0 Å². The molecule has 0 amide bonds. The Labute approximate surface area is 244 Å². The van der Waals surface area contributed by atoms with Crippen molar-refractivity contribution in [1.82, 2.24) is 0 Å². The van der Waals surface area contributed by atoms with Gasteiger partial charge in [-0.05, 0) is 83.2 Å². The summed E-state index contributed by atoms with van der Waals surface area (Å²) >= 11 is 6.74. The summed E-state index contributed by atoms with van der Waals surface area (Å²) in [7, 11) is 0. The van der Waals surface area contributed by atoms with Gasteiger partial charge in [-0.1, -0.05) is 116 Å². The lowest BCUT2D eigenvalue weighted by Gasteiger charge is -2.29. The zero-order chi connectivity index (χ0) is 27.7. The number of rotatable bonds is 11. The smallest absolute Gasteiger partial charge is 0.0721 e. The molecule has 5 rings (SSSR count). The van der Waals surface area contributed by atoms with E-state index in [1.807, 2.05) is 12.1 Å². The molecule has 0 radical (unpaired) electrons. The second-order valence-corrected chi connectivity index (χ2v) is 11.3. The Bertz CT molecular complexity index is 1410. The summed E-state index contributed by atoms with van der Waals surface area (Å²) in [5.41, 5.74) is 10.2. The molecule has 0 bridgehead atoms. The normalized spacial score (nSPS) is 17.0. The fourth-order valence-electron chi connectivity index (χ4n) is 5.55. The van der Waals surface area contributed by atoms with Gasteiger partial charge in [0.05, 0.1) is 25.9 Å². The van der Waals surface area contributed by atoms with Gasteiger partial charge in [0.1, 0.15) is 0 Å². The van der Waals surface area contributed by atoms with Gasteiger partial charge in [0.2, 0.25) is 0 Å². The molecule has 0 aromatic heterocycles. The predicted octanol–water partition coefficient (Wildman–Crippen LogP) is 9.41. The molecule has 2 unspecified atom stereocenters. The molecule has 0 heterocycles. The van der Waals surface area contributed by atoms with Crippen molar-refractivity contribution in [2.75, 3.05) is 6.61 Å². The number of ether oxygens (including phenoxy) is 2. The quantitative estimate of drug-likeness (QED) is 0.173. The lowest BCUT2D eigenvalue weighted by molar-refractivity contribution is 0.0252. The van der Waals surface area contributed by atoms with Crippen molar-refractivity contribution >= 4 is 11.6 Å². The van der Waals surface area contributed by atoms with E-state index in [4.69, 9.17) is 21.1 Å². The predicted molar refractivity (Wildman–Crippen MR) is 166 cm³/mol. The molecule has 0 saturated carbocycles. The summed E-state index contributed by atoms with van der Waals surface area (Å²) in [5.74, 6) is 0.254. The van der Waals surface area contributed by atoms with Crippen molar-refractivity contribution in [2.45, 2.75) is 64.8 Å². The lowest BCUT2D eigenvalue weighted by atomic mass is 9.83. The summed E-state index contributed by atoms with van der Waals surface area (Å²) in [5, 5.41) is 0.825. The number of aryl methyl sites for hydroxylation is 2. The fraction of sp³-hybridized carbons (Fsp3) is 0.297. The molecular weight excluding hydrogens is 512 g/mol. The van der Waals surface area contributed by atoms with E-state index in [0.29, 0.717) is 19.8 Å². The average molecular weight is 551 g/mol. The highest BCUT2D eigenvalue weighted by Gasteiger charge is 2.25. The first-order valence-corrected chi connectivity index (χ1v) is 14.8. The Hall–Kier alpha value is -3.17. The van der Waals surface area contributed by atoms with E-state index in [2.05, 4.69) is 105 Å². The molecule has 0 saturated heterocycles. The summed E-state index contributed by atoms with van der Waals surface area (Å²) < 4.78 is 12.6. The zero-order valence-corrected chi connectivity index (χ0v) is 24.4. The van der Waals surface area contributed by atoms with Crippen LogP contribution >= 0.6 is 11.6 Å². The van der Waals surface area contributed by atoms with Crippen molar-refractivity contribution in [1.29, 1.82) is 0 Å². The zero-order valence-electron chi connectivity index (χ0n) is 23.6. The maximum atomic E-state index is 6.74. The van der Waals surface area contributed by atoms with Gasteiger partial charge in [-0.15, -0.1) is 0 Å². The third-order valence-corrected chi connectivity index (χ3v) is 8.23. The van der Waals surface area contributed by atoms with Crippen LogP contribution in [-0.4, -0.2) is 12.7 Å². The van der Waals surface area contributed by atoms with E-state index >= 15 is 0 Å². The Morgan fingerprint density at radius 3 is 2.17 bits per heavy atom. The van der Waals surface area contributed by atoms with E-state index < -0.39 is 0 Å². The van der Waals surface area contributed by atoms with Crippen molar-refractivity contribution < 1.29 is 9.47 Å². The summed E-state index contributed by atoms with van der Waals surface area (Å²) in [6.07, 6.45) is 6.26. The molecule has 0 N–H and O–H groups in total. The number of hydrogen-bond acceptors (Lipinski definition) is 2. The van der Waals surface area contributed by atoms with Gasteiger partial charge in [0, 0.05) is 10.9 Å². The Morgan fingerprint density at radius 2 is 1.48 bits per heavy atom. The van der Waals surface area contributed by atoms with E-state index in [-0.39, 0.29) is 12.0 Å². The Balaban J connectivity index is 1.34. The molecule has 1 aliphatic carbocycles. The van der Waals surface area contributed by atoms with Crippen molar-refractivity contribution in [2.24, 2.45) is 0 Å².